The third kappa shape index (κ3) is 4.77. The van der Waals surface area contributed by atoms with Gasteiger partial charge in [-0.25, -0.2) is 8.42 Å². The molecule has 2 aromatic carbocycles. The van der Waals surface area contributed by atoms with Crippen molar-refractivity contribution in [3.8, 4) is 0 Å². The monoisotopic (exact) mass is 404 g/mol. The van der Waals surface area contributed by atoms with Crippen LogP contribution >= 0.6 is 11.6 Å². The molecule has 1 aliphatic rings. The number of benzene rings is 2. The summed E-state index contributed by atoms with van der Waals surface area (Å²) in [6.45, 7) is 3.21. The van der Waals surface area contributed by atoms with E-state index in [2.05, 4.69) is 0 Å². The van der Waals surface area contributed by atoms with Crippen LogP contribution < -0.4 is 0 Å². The number of carbonyl (C=O) groups is 1. The summed E-state index contributed by atoms with van der Waals surface area (Å²) < 4.78 is 26.9. The Labute approximate surface area is 164 Å². The highest BCUT2D eigenvalue weighted by atomic mass is 35.5. The van der Waals surface area contributed by atoms with E-state index in [0.717, 1.165) is 11.1 Å². The van der Waals surface area contributed by atoms with Gasteiger partial charge in [0.15, 0.2) is 0 Å². The van der Waals surface area contributed by atoms with Crippen molar-refractivity contribution >= 4 is 33.6 Å². The predicted molar refractivity (Wildman–Crippen MR) is 107 cm³/mol. The lowest BCUT2D eigenvalue weighted by Crippen LogP contribution is -2.50. The molecule has 1 heterocycles. The summed E-state index contributed by atoms with van der Waals surface area (Å²) in [5.41, 5.74) is 1.85. The Morgan fingerprint density at radius 1 is 1.04 bits per heavy atom. The lowest BCUT2D eigenvalue weighted by atomic mass is 10.2. The average Bonchev–Trinajstić information content (AvgIpc) is 2.66. The molecule has 1 saturated heterocycles. The smallest absolute Gasteiger partial charge is 0.246 e. The molecule has 1 aliphatic heterocycles. The Kier molecular flexibility index (Phi) is 5.99. The van der Waals surface area contributed by atoms with E-state index < -0.39 is 10.0 Å². The Morgan fingerprint density at radius 3 is 2.33 bits per heavy atom. The van der Waals surface area contributed by atoms with Crippen molar-refractivity contribution in [2.45, 2.75) is 11.8 Å². The molecule has 1 amide bonds. The number of hydrogen-bond acceptors (Lipinski definition) is 3. The quantitative estimate of drug-likeness (QED) is 0.735. The van der Waals surface area contributed by atoms with E-state index in [9.17, 15) is 13.2 Å². The number of halogens is 1. The highest BCUT2D eigenvalue weighted by molar-refractivity contribution is 7.89. The maximum Gasteiger partial charge on any atom is 0.246 e. The van der Waals surface area contributed by atoms with Gasteiger partial charge < -0.3 is 4.90 Å². The third-order valence-electron chi connectivity index (χ3n) is 4.48. The van der Waals surface area contributed by atoms with Gasteiger partial charge in [-0.15, -0.1) is 0 Å². The minimum atomic E-state index is -3.53. The molecule has 142 valence electrons. The van der Waals surface area contributed by atoms with E-state index >= 15 is 0 Å². The van der Waals surface area contributed by atoms with Crippen LogP contribution in [0.15, 0.2) is 59.5 Å². The number of aryl methyl sites for hydroxylation is 1. The van der Waals surface area contributed by atoms with Crippen molar-refractivity contribution in [1.29, 1.82) is 0 Å². The molecule has 0 aromatic heterocycles. The maximum atomic E-state index is 12.7. The van der Waals surface area contributed by atoms with Crippen molar-refractivity contribution in [3.63, 3.8) is 0 Å². The second kappa shape index (κ2) is 8.25. The van der Waals surface area contributed by atoms with Crippen molar-refractivity contribution in [2.24, 2.45) is 0 Å². The van der Waals surface area contributed by atoms with Crippen LogP contribution in [0.2, 0.25) is 5.02 Å². The van der Waals surface area contributed by atoms with Crippen LogP contribution in [0.25, 0.3) is 6.08 Å². The fourth-order valence-corrected chi connectivity index (χ4v) is 4.51. The number of rotatable bonds is 4. The maximum absolute atomic E-state index is 12.7. The highest BCUT2D eigenvalue weighted by Gasteiger charge is 2.29. The van der Waals surface area contributed by atoms with Crippen LogP contribution in [0.1, 0.15) is 11.1 Å². The van der Waals surface area contributed by atoms with Crippen LogP contribution in [-0.2, 0) is 14.8 Å². The molecule has 0 radical (unpaired) electrons. The molecule has 0 saturated carbocycles. The Hall–Kier alpha value is -2.15. The van der Waals surface area contributed by atoms with E-state index in [4.69, 9.17) is 11.6 Å². The van der Waals surface area contributed by atoms with Gasteiger partial charge in [-0.1, -0.05) is 41.4 Å². The number of nitrogens with zero attached hydrogens (tertiary/aromatic N) is 2. The summed E-state index contributed by atoms with van der Waals surface area (Å²) in [5, 5.41) is 0.611. The molecular weight excluding hydrogens is 384 g/mol. The zero-order valence-electron chi connectivity index (χ0n) is 15.0. The number of hydrogen-bond donors (Lipinski definition) is 0. The van der Waals surface area contributed by atoms with Crippen molar-refractivity contribution in [2.75, 3.05) is 26.2 Å². The van der Waals surface area contributed by atoms with Crippen LogP contribution in [0.3, 0.4) is 0 Å². The van der Waals surface area contributed by atoms with Gasteiger partial charge in [0.05, 0.1) is 4.90 Å². The first-order valence-electron chi connectivity index (χ1n) is 8.66. The highest BCUT2D eigenvalue weighted by Crippen LogP contribution is 2.18. The lowest BCUT2D eigenvalue weighted by molar-refractivity contribution is -0.127. The molecule has 5 nitrogen and oxygen atoms in total. The lowest BCUT2D eigenvalue weighted by Gasteiger charge is -2.33. The molecule has 0 aliphatic carbocycles. The Morgan fingerprint density at radius 2 is 1.70 bits per heavy atom. The first-order valence-corrected chi connectivity index (χ1v) is 10.5. The second-order valence-corrected chi connectivity index (χ2v) is 8.81. The predicted octanol–water partition coefficient (Wildman–Crippen LogP) is 3.19. The topological polar surface area (TPSA) is 57.7 Å². The Bertz CT molecular complexity index is 947. The summed E-state index contributed by atoms with van der Waals surface area (Å²) in [7, 11) is -3.53. The van der Waals surface area contributed by atoms with Crippen molar-refractivity contribution < 1.29 is 13.2 Å². The zero-order chi connectivity index (χ0) is 19.4. The molecule has 0 atom stereocenters. The van der Waals surface area contributed by atoms with Gasteiger partial charge in [0, 0.05) is 37.3 Å². The molecule has 1 fully saturated rings. The normalized spacial score (nSPS) is 16.0. The van der Waals surface area contributed by atoms with E-state index in [-0.39, 0.29) is 23.9 Å². The minimum absolute atomic E-state index is 0.137. The summed E-state index contributed by atoms with van der Waals surface area (Å²) in [6.07, 6.45) is 3.21. The van der Waals surface area contributed by atoms with Crippen LogP contribution in [0.5, 0.6) is 0 Å². The van der Waals surface area contributed by atoms with Gasteiger partial charge in [0.2, 0.25) is 15.9 Å². The molecule has 0 unspecified atom stereocenters. The van der Waals surface area contributed by atoms with E-state index in [1.165, 1.54) is 10.4 Å². The number of amides is 1. The van der Waals surface area contributed by atoms with Gasteiger partial charge in [-0.2, -0.15) is 4.31 Å². The third-order valence-corrected chi connectivity index (χ3v) is 6.62. The van der Waals surface area contributed by atoms with Gasteiger partial charge in [-0.3, -0.25) is 4.79 Å². The van der Waals surface area contributed by atoms with E-state index in [1.54, 1.807) is 47.4 Å². The summed E-state index contributed by atoms with van der Waals surface area (Å²) >= 11 is 5.94. The molecule has 0 N–H and O–H groups in total. The number of carbonyl (C=O) groups excluding carboxylic acids is 1. The average molecular weight is 405 g/mol. The number of piperazine rings is 1. The van der Waals surface area contributed by atoms with Crippen molar-refractivity contribution in [1.82, 2.24) is 9.21 Å². The van der Waals surface area contributed by atoms with Crippen LogP contribution in [0.4, 0.5) is 0 Å². The summed E-state index contributed by atoms with van der Waals surface area (Å²) in [4.78, 5) is 14.3. The largest absolute Gasteiger partial charge is 0.337 e. The van der Waals surface area contributed by atoms with E-state index in [0.29, 0.717) is 18.1 Å². The van der Waals surface area contributed by atoms with E-state index in [1.807, 2.05) is 19.1 Å². The summed E-state index contributed by atoms with van der Waals surface area (Å²) in [6, 6.07) is 14.0. The minimum Gasteiger partial charge on any atom is -0.337 e. The molecule has 0 bridgehead atoms. The molecule has 3 rings (SSSR count). The second-order valence-electron chi connectivity index (χ2n) is 6.43. The van der Waals surface area contributed by atoms with Crippen LogP contribution in [0, 0.1) is 6.92 Å². The van der Waals surface area contributed by atoms with Gasteiger partial charge >= 0.3 is 0 Å². The first-order chi connectivity index (χ1) is 12.9. The first kappa shape index (κ1) is 19.6. The zero-order valence-corrected chi connectivity index (χ0v) is 16.6. The molecule has 7 heteroatoms. The fraction of sp³-hybridized carbons (Fsp3) is 0.250. The molecule has 2 aromatic rings. The van der Waals surface area contributed by atoms with Crippen molar-refractivity contribution in [3.05, 3.63) is 70.8 Å². The van der Waals surface area contributed by atoms with Gasteiger partial charge in [-0.05, 0) is 42.8 Å². The van der Waals surface area contributed by atoms with Crippen LogP contribution in [-0.4, -0.2) is 49.7 Å². The molecule has 27 heavy (non-hydrogen) atoms. The number of sulfonamides is 1. The SMILES string of the molecule is Cc1ccc(S(=O)(=O)N2CCN(C(=O)/C=C/c3cccc(Cl)c3)CC2)cc1. The Balaban J connectivity index is 1.61. The summed E-state index contributed by atoms with van der Waals surface area (Å²) in [5.74, 6) is -0.137. The molecular formula is C20H21ClN2O3S. The van der Waals surface area contributed by atoms with Gasteiger partial charge in [0.25, 0.3) is 0 Å². The van der Waals surface area contributed by atoms with Gasteiger partial charge in [0.1, 0.15) is 0 Å². The fourth-order valence-electron chi connectivity index (χ4n) is 2.89. The standard InChI is InChI=1S/C20H21ClN2O3S/c1-16-5-8-19(9-6-16)27(25,26)23-13-11-22(12-14-23)20(24)10-7-17-3-2-4-18(21)15-17/h2-10,15H,11-14H2,1H3/b10-7+. The molecule has 0 spiro atoms.